The molecule has 2 aromatic carbocycles. The van der Waals surface area contributed by atoms with E-state index in [9.17, 15) is 8.78 Å². The molecule has 110 valence electrons. The van der Waals surface area contributed by atoms with E-state index in [0.29, 0.717) is 6.54 Å². The number of halogens is 2. The minimum Gasteiger partial charge on any atom is -0.435 e. The Morgan fingerprint density at radius 2 is 1.76 bits per heavy atom. The lowest BCUT2D eigenvalue weighted by Crippen LogP contribution is -2.03. The molecule has 2 nitrogen and oxygen atoms in total. The molecular weight excluding hydrogens is 272 g/mol. The summed E-state index contributed by atoms with van der Waals surface area (Å²) in [5.41, 5.74) is 5.01. The second-order valence-corrected chi connectivity index (χ2v) is 5.21. The van der Waals surface area contributed by atoms with Crippen molar-refractivity contribution < 1.29 is 13.5 Å². The van der Waals surface area contributed by atoms with Crippen molar-refractivity contribution >= 4 is 5.69 Å². The van der Waals surface area contributed by atoms with Crippen LogP contribution in [-0.4, -0.2) is 6.61 Å². The largest absolute Gasteiger partial charge is 0.435 e. The van der Waals surface area contributed by atoms with Gasteiger partial charge in [0.05, 0.1) is 0 Å². The fourth-order valence-corrected chi connectivity index (χ4v) is 2.67. The number of anilines is 1. The van der Waals surface area contributed by atoms with E-state index < -0.39 is 6.61 Å². The summed E-state index contributed by atoms with van der Waals surface area (Å²) in [7, 11) is 0. The lowest BCUT2D eigenvalue weighted by atomic mass is 10.1. The second-order valence-electron chi connectivity index (χ2n) is 5.21. The van der Waals surface area contributed by atoms with E-state index in [2.05, 4.69) is 28.3 Å². The predicted molar refractivity (Wildman–Crippen MR) is 78.9 cm³/mol. The number of nitrogens with one attached hydrogen (secondary N) is 1. The van der Waals surface area contributed by atoms with E-state index in [1.165, 1.54) is 24.0 Å². The highest BCUT2D eigenvalue weighted by Gasteiger charge is 2.10. The topological polar surface area (TPSA) is 21.3 Å². The Kier molecular flexibility index (Phi) is 4.04. The Bertz CT molecular complexity index is 611. The maximum atomic E-state index is 12.1. The van der Waals surface area contributed by atoms with Gasteiger partial charge in [0.25, 0.3) is 0 Å². The van der Waals surface area contributed by atoms with Crippen molar-refractivity contribution in [2.24, 2.45) is 0 Å². The van der Waals surface area contributed by atoms with Crippen molar-refractivity contribution in [3.63, 3.8) is 0 Å². The highest BCUT2D eigenvalue weighted by atomic mass is 19.3. The van der Waals surface area contributed by atoms with Gasteiger partial charge in [-0.2, -0.15) is 8.78 Å². The number of benzene rings is 2. The van der Waals surface area contributed by atoms with Gasteiger partial charge < -0.3 is 10.1 Å². The summed E-state index contributed by atoms with van der Waals surface area (Å²) < 4.78 is 28.5. The predicted octanol–water partition coefficient (Wildman–Crippen LogP) is 4.39. The third-order valence-corrected chi connectivity index (χ3v) is 3.74. The molecular formula is C17H17F2NO. The van der Waals surface area contributed by atoms with Gasteiger partial charge in [0.2, 0.25) is 0 Å². The van der Waals surface area contributed by atoms with Crippen LogP contribution >= 0.6 is 0 Å². The first-order chi connectivity index (χ1) is 10.2. The van der Waals surface area contributed by atoms with E-state index >= 15 is 0 Å². The van der Waals surface area contributed by atoms with E-state index in [1.54, 1.807) is 24.3 Å². The summed E-state index contributed by atoms with van der Waals surface area (Å²) in [6.07, 6.45) is 3.58. The van der Waals surface area contributed by atoms with Gasteiger partial charge in [0.15, 0.2) is 0 Å². The minimum atomic E-state index is -2.78. The summed E-state index contributed by atoms with van der Waals surface area (Å²) in [5.74, 6) is 0.186. The minimum absolute atomic E-state index is 0.186. The van der Waals surface area contributed by atoms with E-state index in [-0.39, 0.29) is 5.75 Å². The van der Waals surface area contributed by atoms with Gasteiger partial charge in [-0.1, -0.05) is 18.2 Å². The van der Waals surface area contributed by atoms with E-state index in [1.807, 2.05) is 0 Å². The molecule has 0 spiro atoms. The molecule has 0 amide bonds. The Morgan fingerprint density at radius 1 is 1.00 bits per heavy atom. The highest BCUT2D eigenvalue weighted by Crippen LogP contribution is 2.25. The average molecular weight is 289 g/mol. The molecule has 2 aromatic rings. The van der Waals surface area contributed by atoms with Crippen LogP contribution < -0.4 is 10.1 Å². The first-order valence-corrected chi connectivity index (χ1v) is 7.10. The number of aryl methyl sites for hydroxylation is 2. The van der Waals surface area contributed by atoms with Crippen LogP contribution in [0.4, 0.5) is 14.5 Å². The van der Waals surface area contributed by atoms with Crippen molar-refractivity contribution in [1.29, 1.82) is 0 Å². The Labute approximate surface area is 122 Å². The zero-order chi connectivity index (χ0) is 14.7. The van der Waals surface area contributed by atoms with Crippen LogP contribution in [0.25, 0.3) is 0 Å². The average Bonchev–Trinajstić information content (AvgIpc) is 2.93. The maximum absolute atomic E-state index is 12.1. The highest BCUT2D eigenvalue weighted by molar-refractivity contribution is 5.50. The number of ether oxygens (including phenoxy) is 1. The normalized spacial score (nSPS) is 13.3. The fourth-order valence-electron chi connectivity index (χ4n) is 2.67. The molecule has 0 bridgehead atoms. The van der Waals surface area contributed by atoms with Crippen LogP contribution in [0.2, 0.25) is 0 Å². The standard InChI is InChI=1S/C17H17F2NO/c18-17(19)21-16-8-4-12(5-9-16)11-20-15-7-6-13-2-1-3-14(13)10-15/h4-10,17,20H,1-3,11H2. The SMILES string of the molecule is FC(F)Oc1ccc(CNc2ccc3c(c2)CCC3)cc1. The molecule has 21 heavy (non-hydrogen) atoms. The lowest BCUT2D eigenvalue weighted by Gasteiger charge is -2.09. The Balaban J connectivity index is 1.59. The summed E-state index contributed by atoms with van der Waals surface area (Å²) in [4.78, 5) is 0. The van der Waals surface area contributed by atoms with Crippen molar-refractivity contribution in [3.05, 3.63) is 59.2 Å². The van der Waals surface area contributed by atoms with Crippen LogP contribution in [0, 0.1) is 0 Å². The van der Waals surface area contributed by atoms with Crippen LogP contribution in [0.5, 0.6) is 5.75 Å². The molecule has 0 unspecified atom stereocenters. The van der Waals surface area contributed by atoms with Gasteiger partial charge in [0, 0.05) is 12.2 Å². The van der Waals surface area contributed by atoms with Gasteiger partial charge in [-0.15, -0.1) is 0 Å². The molecule has 0 heterocycles. The maximum Gasteiger partial charge on any atom is 0.387 e. The van der Waals surface area contributed by atoms with Gasteiger partial charge in [-0.3, -0.25) is 0 Å². The molecule has 1 N–H and O–H groups in total. The van der Waals surface area contributed by atoms with Crippen LogP contribution in [0.15, 0.2) is 42.5 Å². The number of alkyl halides is 2. The van der Waals surface area contributed by atoms with Crippen molar-refractivity contribution in [3.8, 4) is 5.75 Å². The van der Waals surface area contributed by atoms with Crippen molar-refractivity contribution in [1.82, 2.24) is 0 Å². The zero-order valence-electron chi connectivity index (χ0n) is 11.6. The molecule has 0 radical (unpaired) electrons. The molecule has 0 atom stereocenters. The third-order valence-electron chi connectivity index (χ3n) is 3.74. The van der Waals surface area contributed by atoms with Crippen LogP contribution in [0.3, 0.4) is 0 Å². The summed E-state index contributed by atoms with van der Waals surface area (Å²) >= 11 is 0. The second kappa shape index (κ2) is 6.12. The fraction of sp³-hybridized carbons (Fsp3) is 0.294. The monoisotopic (exact) mass is 289 g/mol. The Morgan fingerprint density at radius 3 is 2.52 bits per heavy atom. The van der Waals surface area contributed by atoms with Crippen LogP contribution in [0.1, 0.15) is 23.1 Å². The molecule has 0 saturated carbocycles. The van der Waals surface area contributed by atoms with Gasteiger partial charge in [-0.05, 0) is 60.2 Å². The first kappa shape index (κ1) is 13.9. The molecule has 4 heteroatoms. The smallest absolute Gasteiger partial charge is 0.387 e. The summed E-state index contributed by atoms with van der Waals surface area (Å²) in [6.45, 7) is -2.12. The number of rotatable bonds is 5. The molecule has 3 rings (SSSR count). The van der Waals surface area contributed by atoms with E-state index in [0.717, 1.165) is 17.7 Å². The molecule has 1 aliphatic carbocycles. The molecule has 0 saturated heterocycles. The van der Waals surface area contributed by atoms with E-state index in [4.69, 9.17) is 0 Å². The molecule has 0 aliphatic heterocycles. The summed E-state index contributed by atoms with van der Waals surface area (Å²) in [5, 5.41) is 3.36. The van der Waals surface area contributed by atoms with Crippen molar-refractivity contribution in [2.75, 3.05) is 5.32 Å². The third kappa shape index (κ3) is 3.51. The van der Waals surface area contributed by atoms with Gasteiger partial charge in [-0.25, -0.2) is 0 Å². The lowest BCUT2D eigenvalue weighted by molar-refractivity contribution is -0.0498. The first-order valence-electron chi connectivity index (χ1n) is 7.10. The molecule has 0 aromatic heterocycles. The zero-order valence-corrected chi connectivity index (χ0v) is 11.6. The van der Waals surface area contributed by atoms with Gasteiger partial charge >= 0.3 is 6.61 Å². The Hall–Kier alpha value is -2.10. The quantitative estimate of drug-likeness (QED) is 0.881. The van der Waals surface area contributed by atoms with Crippen LogP contribution in [-0.2, 0) is 19.4 Å². The van der Waals surface area contributed by atoms with Gasteiger partial charge in [0.1, 0.15) is 5.75 Å². The number of hydrogen-bond acceptors (Lipinski definition) is 2. The number of fused-ring (bicyclic) bond motifs is 1. The summed E-state index contributed by atoms with van der Waals surface area (Å²) in [6, 6.07) is 13.2. The molecule has 0 fully saturated rings. The van der Waals surface area contributed by atoms with Crippen molar-refractivity contribution in [2.45, 2.75) is 32.4 Å². The number of hydrogen-bond donors (Lipinski definition) is 1. The molecule has 1 aliphatic rings.